The molecule has 0 fully saturated rings. The first-order valence-corrected chi connectivity index (χ1v) is 5.02. The third-order valence-corrected chi connectivity index (χ3v) is 2.29. The average molecular weight is 243 g/mol. The molecule has 0 aliphatic rings. The number of hydrogen-bond acceptors (Lipinski definition) is 3. The van der Waals surface area contributed by atoms with Gasteiger partial charge in [-0.3, -0.25) is 0 Å². The SMILES string of the molecule is FC(F)(F)CCSc1nccc(Cl)n1. The Bertz CT molecular complexity index is 305. The molecule has 0 saturated carbocycles. The van der Waals surface area contributed by atoms with Gasteiger partial charge in [0.15, 0.2) is 5.16 Å². The van der Waals surface area contributed by atoms with Gasteiger partial charge in [-0.25, -0.2) is 9.97 Å². The minimum absolute atomic E-state index is 0.0934. The van der Waals surface area contributed by atoms with Crippen molar-refractivity contribution in [1.82, 2.24) is 9.97 Å². The lowest BCUT2D eigenvalue weighted by Gasteiger charge is -2.04. The molecule has 0 spiro atoms. The molecule has 0 aliphatic heterocycles. The van der Waals surface area contributed by atoms with Crippen molar-refractivity contribution >= 4 is 23.4 Å². The lowest BCUT2D eigenvalue weighted by atomic mass is 10.5. The lowest BCUT2D eigenvalue weighted by molar-refractivity contribution is -0.129. The molecule has 78 valence electrons. The maximum atomic E-state index is 11.8. The van der Waals surface area contributed by atoms with Crippen molar-refractivity contribution in [1.29, 1.82) is 0 Å². The van der Waals surface area contributed by atoms with Gasteiger partial charge in [-0.05, 0) is 6.07 Å². The molecule has 1 rings (SSSR count). The highest BCUT2D eigenvalue weighted by atomic mass is 35.5. The zero-order chi connectivity index (χ0) is 10.6. The van der Waals surface area contributed by atoms with Crippen LogP contribution in [0.15, 0.2) is 17.4 Å². The summed E-state index contributed by atoms with van der Waals surface area (Å²) >= 11 is 6.46. The maximum absolute atomic E-state index is 11.8. The maximum Gasteiger partial charge on any atom is 0.389 e. The number of halogens is 4. The molecule has 7 heteroatoms. The summed E-state index contributed by atoms with van der Waals surface area (Å²) in [5, 5.41) is 0.497. The molecule has 0 aliphatic carbocycles. The van der Waals surface area contributed by atoms with Gasteiger partial charge >= 0.3 is 6.18 Å². The first-order chi connectivity index (χ1) is 6.47. The molecular formula is C7H6ClF3N2S. The van der Waals surface area contributed by atoms with E-state index in [0.717, 1.165) is 11.8 Å². The summed E-state index contributed by atoms with van der Waals surface area (Å²) in [5.41, 5.74) is 0. The summed E-state index contributed by atoms with van der Waals surface area (Å²) in [6, 6.07) is 1.47. The van der Waals surface area contributed by atoms with E-state index in [-0.39, 0.29) is 16.1 Å². The summed E-state index contributed by atoms with van der Waals surface area (Å²) in [6.07, 6.45) is -3.58. The second-order valence-corrected chi connectivity index (χ2v) is 3.82. The summed E-state index contributed by atoms with van der Waals surface area (Å²) in [6.45, 7) is 0. The van der Waals surface area contributed by atoms with Crippen LogP contribution < -0.4 is 0 Å². The Balaban J connectivity index is 2.39. The first kappa shape index (κ1) is 11.6. The summed E-state index contributed by atoms with van der Waals surface area (Å²) in [4.78, 5) is 7.50. The molecule has 0 bridgehead atoms. The van der Waals surface area contributed by atoms with Crippen molar-refractivity contribution in [3.05, 3.63) is 17.4 Å². The molecule has 1 aromatic rings. The van der Waals surface area contributed by atoms with E-state index in [1.165, 1.54) is 12.3 Å². The van der Waals surface area contributed by atoms with Gasteiger partial charge in [0.25, 0.3) is 0 Å². The van der Waals surface area contributed by atoms with Crippen LogP contribution in [0.3, 0.4) is 0 Å². The molecule has 0 aromatic carbocycles. The summed E-state index contributed by atoms with van der Waals surface area (Å²) in [5.74, 6) is -0.0934. The minimum atomic E-state index is -4.13. The van der Waals surface area contributed by atoms with Crippen molar-refractivity contribution in [2.45, 2.75) is 17.8 Å². The van der Waals surface area contributed by atoms with Crippen LogP contribution in [0.2, 0.25) is 5.15 Å². The van der Waals surface area contributed by atoms with Gasteiger partial charge in [0.05, 0.1) is 6.42 Å². The zero-order valence-electron chi connectivity index (χ0n) is 6.88. The van der Waals surface area contributed by atoms with Crippen LogP contribution in [0.5, 0.6) is 0 Å². The fraction of sp³-hybridized carbons (Fsp3) is 0.429. The molecule has 1 aromatic heterocycles. The van der Waals surface area contributed by atoms with Gasteiger partial charge in [0.2, 0.25) is 0 Å². The molecule has 0 N–H and O–H groups in total. The fourth-order valence-electron chi connectivity index (χ4n) is 0.648. The lowest BCUT2D eigenvalue weighted by Crippen LogP contribution is -2.08. The predicted molar refractivity (Wildman–Crippen MR) is 48.4 cm³/mol. The van der Waals surface area contributed by atoms with Crippen LogP contribution in [0.1, 0.15) is 6.42 Å². The Morgan fingerprint density at radius 1 is 1.43 bits per heavy atom. The van der Waals surface area contributed by atoms with Crippen molar-refractivity contribution in [2.24, 2.45) is 0 Å². The number of hydrogen-bond donors (Lipinski definition) is 0. The number of nitrogens with zero attached hydrogens (tertiary/aromatic N) is 2. The third kappa shape index (κ3) is 4.66. The van der Waals surface area contributed by atoms with Gasteiger partial charge in [-0.2, -0.15) is 13.2 Å². The quantitative estimate of drug-likeness (QED) is 0.463. The highest BCUT2D eigenvalue weighted by Crippen LogP contribution is 2.24. The summed E-state index contributed by atoms with van der Waals surface area (Å²) < 4.78 is 35.3. The first-order valence-electron chi connectivity index (χ1n) is 3.65. The standard InChI is InChI=1S/C7H6ClF3N2S/c8-5-1-3-12-6(13-5)14-4-2-7(9,10)11/h1,3H,2,4H2. The smallest absolute Gasteiger partial charge is 0.231 e. The number of thioether (sulfide) groups is 1. The predicted octanol–water partition coefficient (Wildman–Crippen LogP) is 3.17. The fourth-order valence-corrected chi connectivity index (χ4v) is 1.65. The van der Waals surface area contributed by atoms with E-state index >= 15 is 0 Å². The van der Waals surface area contributed by atoms with Crippen LogP contribution in [-0.4, -0.2) is 21.9 Å². The van der Waals surface area contributed by atoms with Gasteiger partial charge in [0.1, 0.15) is 5.15 Å². The molecule has 0 unspecified atom stereocenters. The molecule has 0 radical (unpaired) electrons. The Kier molecular flexibility index (Phi) is 4.00. The normalized spacial score (nSPS) is 11.7. The molecule has 0 saturated heterocycles. The highest BCUT2D eigenvalue weighted by Gasteiger charge is 2.26. The average Bonchev–Trinajstić information content (AvgIpc) is 2.01. The molecule has 0 amide bonds. The van der Waals surface area contributed by atoms with Crippen LogP contribution >= 0.6 is 23.4 Å². The molecule has 2 nitrogen and oxygen atoms in total. The van der Waals surface area contributed by atoms with E-state index < -0.39 is 12.6 Å². The number of aromatic nitrogens is 2. The zero-order valence-corrected chi connectivity index (χ0v) is 8.46. The minimum Gasteiger partial charge on any atom is -0.231 e. The monoisotopic (exact) mass is 242 g/mol. The number of rotatable bonds is 3. The molecular weight excluding hydrogens is 237 g/mol. The van der Waals surface area contributed by atoms with E-state index in [2.05, 4.69) is 9.97 Å². The van der Waals surface area contributed by atoms with Crippen molar-refractivity contribution in [3.63, 3.8) is 0 Å². The third-order valence-electron chi connectivity index (χ3n) is 1.22. The Morgan fingerprint density at radius 2 is 2.14 bits per heavy atom. The Hall–Kier alpha value is -0.490. The van der Waals surface area contributed by atoms with Crippen LogP contribution in [0, 0.1) is 0 Å². The second kappa shape index (κ2) is 4.84. The Labute approximate surface area is 87.9 Å². The molecule has 0 atom stereocenters. The van der Waals surface area contributed by atoms with Gasteiger partial charge in [0, 0.05) is 11.9 Å². The van der Waals surface area contributed by atoms with E-state index in [1.54, 1.807) is 0 Å². The van der Waals surface area contributed by atoms with E-state index in [1.807, 2.05) is 0 Å². The van der Waals surface area contributed by atoms with Crippen molar-refractivity contribution in [2.75, 3.05) is 5.75 Å². The topological polar surface area (TPSA) is 25.8 Å². The van der Waals surface area contributed by atoms with E-state index in [0.29, 0.717) is 0 Å². The van der Waals surface area contributed by atoms with Crippen LogP contribution in [0.25, 0.3) is 0 Å². The number of alkyl halides is 3. The molecule has 14 heavy (non-hydrogen) atoms. The van der Waals surface area contributed by atoms with Crippen LogP contribution in [-0.2, 0) is 0 Å². The largest absolute Gasteiger partial charge is 0.389 e. The van der Waals surface area contributed by atoms with E-state index in [9.17, 15) is 13.2 Å². The van der Waals surface area contributed by atoms with Crippen molar-refractivity contribution < 1.29 is 13.2 Å². The van der Waals surface area contributed by atoms with E-state index in [4.69, 9.17) is 11.6 Å². The van der Waals surface area contributed by atoms with Gasteiger partial charge in [-0.15, -0.1) is 0 Å². The Morgan fingerprint density at radius 3 is 2.71 bits per heavy atom. The van der Waals surface area contributed by atoms with Gasteiger partial charge < -0.3 is 0 Å². The highest BCUT2D eigenvalue weighted by molar-refractivity contribution is 7.99. The molecule has 1 heterocycles. The van der Waals surface area contributed by atoms with Crippen molar-refractivity contribution in [3.8, 4) is 0 Å². The summed E-state index contributed by atoms with van der Waals surface area (Å²) in [7, 11) is 0. The van der Waals surface area contributed by atoms with Crippen LogP contribution in [0.4, 0.5) is 13.2 Å². The van der Waals surface area contributed by atoms with Gasteiger partial charge in [-0.1, -0.05) is 23.4 Å². The second-order valence-electron chi connectivity index (χ2n) is 2.38.